The van der Waals surface area contributed by atoms with Crippen molar-refractivity contribution in [2.75, 3.05) is 20.2 Å². The Morgan fingerprint density at radius 1 is 1.38 bits per heavy atom. The second-order valence-electron chi connectivity index (χ2n) is 8.27. The van der Waals surface area contributed by atoms with Crippen LogP contribution in [0.15, 0.2) is 0 Å². The summed E-state index contributed by atoms with van der Waals surface area (Å²) in [7, 11) is 1.57. The summed E-state index contributed by atoms with van der Waals surface area (Å²) < 4.78 is -0.641. The number of halogens is 1. The van der Waals surface area contributed by atoms with Crippen LogP contribution in [0.1, 0.15) is 27.2 Å². The Morgan fingerprint density at radius 3 is 2.58 bits per heavy atom. The third-order valence-electron chi connectivity index (χ3n) is 5.43. The van der Waals surface area contributed by atoms with Crippen LogP contribution in [0.3, 0.4) is 0 Å². The van der Waals surface area contributed by atoms with Crippen molar-refractivity contribution in [3.63, 3.8) is 0 Å². The third kappa shape index (κ3) is 2.86. The van der Waals surface area contributed by atoms with Gasteiger partial charge in [0.05, 0.1) is 23.2 Å². The van der Waals surface area contributed by atoms with Crippen molar-refractivity contribution in [1.82, 2.24) is 15.5 Å². The molecule has 0 radical (unpaired) electrons. The van der Waals surface area contributed by atoms with E-state index in [1.807, 2.05) is 20.8 Å². The molecule has 3 heterocycles. The summed E-state index contributed by atoms with van der Waals surface area (Å²) in [4.78, 5) is 40.4. The number of hydrogen-bond acceptors (Lipinski definition) is 5. The SMILES string of the molecule is CNC(=O)[C@H]1[C@@H]2SC3(CC2Br)C(C(=O)NC(C)(C)C)N(CCO)C(=O)[C@H]13. The fourth-order valence-electron chi connectivity index (χ4n) is 4.68. The maximum Gasteiger partial charge on any atom is 0.244 e. The number of aliphatic hydroxyl groups excluding tert-OH is 1. The van der Waals surface area contributed by atoms with E-state index in [0.29, 0.717) is 6.42 Å². The number of nitrogens with zero attached hydrogens (tertiary/aromatic N) is 1. The molecule has 3 aliphatic heterocycles. The van der Waals surface area contributed by atoms with Crippen molar-refractivity contribution in [1.29, 1.82) is 0 Å². The first kappa shape index (κ1) is 19.9. The number of rotatable bonds is 4. The Morgan fingerprint density at radius 2 is 2.04 bits per heavy atom. The first-order valence-corrected chi connectivity index (χ1v) is 10.6. The van der Waals surface area contributed by atoms with E-state index >= 15 is 0 Å². The van der Waals surface area contributed by atoms with Gasteiger partial charge in [0, 0.05) is 29.2 Å². The predicted octanol–water partition coefficient (Wildman–Crippen LogP) is 0.104. The molecule has 3 rings (SSSR count). The maximum absolute atomic E-state index is 13.2. The molecular weight excluding hydrogens is 422 g/mol. The highest BCUT2D eigenvalue weighted by Crippen LogP contribution is 2.67. The van der Waals surface area contributed by atoms with Gasteiger partial charge in [-0.15, -0.1) is 11.8 Å². The van der Waals surface area contributed by atoms with Crippen LogP contribution >= 0.6 is 27.7 Å². The number of nitrogens with one attached hydrogen (secondary N) is 2. The van der Waals surface area contributed by atoms with E-state index in [0.717, 1.165) is 0 Å². The molecule has 3 fully saturated rings. The van der Waals surface area contributed by atoms with Crippen LogP contribution in [-0.4, -0.2) is 74.3 Å². The quantitative estimate of drug-likeness (QED) is 0.531. The van der Waals surface area contributed by atoms with Crippen molar-refractivity contribution in [3.8, 4) is 0 Å². The summed E-state index contributed by atoms with van der Waals surface area (Å²) in [6, 6.07) is -0.684. The van der Waals surface area contributed by atoms with E-state index in [1.54, 1.807) is 18.8 Å². The van der Waals surface area contributed by atoms with Gasteiger partial charge in [0.25, 0.3) is 0 Å². The predicted molar refractivity (Wildman–Crippen MR) is 103 cm³/mol. The van der Waals surface area contributed by atoms with Gasteiger partial charge < -0.3 is 20.6 Å². The monoisotopic (exact) mass is 447 g/mol. The number of likely N-dealkylation sites (tertiary alicyclic amines) is 1. The second-order valence-corrected chi connectivity index (χ2v) is 11.0. The maximum atomic E-state index is 13.2. The van der Waals surface area contributed by atoms with Gasteiger partial charge in [0.2, 0.25) is 17.7 Å². The molecule has 3 amide bonds. The molecule has 0 saturated carbocycles. The molecule has 6 atom stereocenters. The van der Waals surface area contributed by atoms with Crippen molar-refractivity contribution in [2.24, 2.45) is 11.8 Å². The first-order chi connectivity index (χ1) is 12.1. The first-order valence-electron chi connectivity index (χ1n) is 8.84. The van der Waals surface area contributed by atoms with E-state index in [1.165, 1.54) is 4.90 Å². The molecule has 0 aromatic carbocycles. The van der Waals surface area contributed by atoms with Gasteiger partial charge in [0.1, 0.15) is 6.04 Å². The largest absolute Gasteiger partial charge is 0.395 e. The molecule has 26 heavy (non-hydrogen) atoms. The number of aliphatic hydroxyl groups is 1. The molecular formula is C17H26BrN3O4S. The highest BCUT2D eigenvalue weighted by molar-refractivity contribution is 9.09. The summed E-state index contributed by atoms with van der Waals surface area (Å²) in [5.74, 6) is -1.58. The van der Waals surface area contributed by atoms with Gasteiger partial charge in [0.15, 0.2) is 0 Å². The van der Waals surface area contributed by atoms with Crippen molar-refractivity contribution >= 4 is 45.4 Å². The third-order valence-corrected chi connectivity index (χ3v) is 8.65. The van der Waals surface area contributed by atoms with Crippen LogP contribution in [0.25, 0.3) is 0 Å². The molecule has 9 heteroatoms. The van der Waals surface area contributed by atoms with Gasteiger partial charge in [-0.3, -0.25) is 14.4 Å². The lowest BCUT2D eigenvalue weighted by Gasteiger charge is -2.36. The fraction of sp³-hybridized carbons (Fsp3) is 0.824. The van der Waals surface area contributed by atoms with Gasteiger partial charge in [-0.05, 0) is 27.2 Å². The van der Waals surface area contributed by atoms with E-state index < -0.39 is 28.2 Å². The molecule has 146 valence electrons. The Bertz CT molecular complexity index is 640. The van der Waals surface area contributed by atoms with Crippen molar-refractivity contribution in [3.05, 3.63) is 0 Å². The average Bonchev–Trinajstić information content (AvgIpc) is 3.10. The summed E-state index contributed by atoms with van der Waals surface area (Å²) >= 11 is 5.26. The van der Waals surface area contributed by atoms with Crippen LogP contribution in [0.2, 0.25) is 0 Å². The van der Waals surface area contributed by atoms with Gasteiger partial charge >= 0.3 is 0 Å². The van der Waals surface area contributed by atoms with Crippen LogP contribution in [0.4, 0.5) is 0 Å². The zero-order valence-electron chi connectivity index (χ0n) is 15.4. The van der Waals surface area contributed by atoms with E-state index in [-0.39, 0.29) is 41.0 Å². The Kier molecular flexibility index (Phi) is 5.12. The number of carbonyl (C=O) groups is 3. The Hall–Kier alpha value is -0.800. The number of fused-ring (bicyclic) bond motifs is 1. The number of β-amino-alcohol motifs (C(OH)–C–C–N with tert-alkyl or cyclic N) is 1. The van der Waals surface area contributed by atoms with Crippen LogP contribution in [0.5, 0.6) is 0 Å². The normalized spacial score (nSPS) is 38.5. The molecule has 3 N–H and O–H groups in total. The molecule has 0 aromatic rings. The fourth-order valence-corrected chi connectivity index (χ4v) is 8.30. The molecule has 0 aromatic heterocycles. The van der Waals surface area contributed by atoms with Crippen molar-refractivity contribution < 1.29 is 19.5 Å². The lowest BCUT2D eigenvalue weighted by molar-refractivity contribution is -0.140. The Balaban J connectivity index is 2.04. The number of alkyl halides is 1. The molecule has 3 aliphatic rings. The topological polar surface area (TPSA) is 98.7 Å². The lowest BCUT2D eigenvalue weighted by atomic mass is 9.70. The molecule has 7 nitrogen and oxygen atoms in total. The number of hydrogen-bond donors (Lipinski definition) is 3. The van der Waals surface area contributed by atoms with Crippen LogP contribution < -0.4 is 10.6 Å². The minimum Gasteiger partial charge on any atom is -0.395 e. The minimum atomic E-state index is -0.684. The standard InChI is InChI=1S/C17H26BrN3O4S/c1-16(2,3)20-14(24)12-17-7-8(18)11(26-17)9(13(23)19-4)10(17)15(25)21(12)5-6-22/h8-12,22H,5-7H2,1-4H3,(H,19,23)(H,20,24)/t8?,9-,10+,11-,12?,17?/m1/s1. The number of thioether (sulfide) groups is 1. The summed E-state index contributed by atoms with van der Waals surface area (Å²) in [6.45, 7) is 5.56. The van der Waals surface area contributed by atoms with Crippen LogP contribution in [0, 0.1) is 11.8 Å². The summed E-state index contributed by atoms with van der Waals surface area (Å²) in [6.07, 6.45) is 0.649. The summed E-state index contributed by atoms with van der Waals surface area (Å²) in [5, 5.41) is 15.1. The molecule has 1 spiro atoms. The lowest BCUT2D eigenvalue weighted by Crippen LogP contribution is -2.57. The average molecular weight is 448 g/mol. The smallest absolute Gasteiger partial charge is 0.244 e. The molecule has 3 unspecified atom stereocenters. The van der Waals surface area contributed by atoms with E-state index in [4.69, 9.17) is 0 Å². The highest BCUT2D eigenvalue weighted by atomic mass is 79.9. The molecule has 2 bridgehead atoms. The van der Waals surface area contributed by atoms with Gasteiger partial charge in [-0.2, -0.15) is 0 Å². The summed E-state index contributed by atoms with van der Waals surface area (Å²) in [5.41, 5.74) is -0.435. The van der Waals surface area contributed by atoms with E-state index in [9.17, 15) is 19.5 Å². The minimum absolute atomic E-state index is 0.0369. The Labute approximate surface area is 166 Å². The van der Waals surface area contributed by atoms with Gasteiger partial charge in [-0.25, -0.2) is 0 Å². The number of carbonyl (C=O) groups excluding carboxylic acids is 3. The molecule has 0 aliphatic carbocycles. The van der Waals surface area contributed by atoms with Crippen molar-refractivity contribution in [2.45, 2.75) is 53.6 Å². The number of amides is 3. The zero-order valence-corrected chi connectivity index (χ0v) is 17.8. The second kappa shape index (κ2) is 6.67. The van der Waals surface area contributed by atoms with Crippen LogP contribution in [-0.2, 0) is 14.4 Å². The highest BCUT2D eigenvalue weighted by Gasteiger charge is 2.75. The van der Waals surface area contributed by atoms with E-state index in [2.05, 4.69) is 26.6 Å². The molecule has 3 saturated heterocycles. The zero-order chi connectivity index (χ0) is 19.4. The van der Waals surface area contributed by atoms with Gasteiger partial charge in [-0.1, -0.05) is 15.9 Å².